The van der Waals surface area contributed by atoms with Gasteiger partial charge in [0.15, 0.2) is 5.75 Å². The first-order valence-corrected chi connectivity index (χ1v) is 8.32. The number of carbonyl (C=O) groups excluding carboxylic acids is 1. The molecule has 0 atom stereocenters. The lowest BCUT2D eigenvalue weighted by Gasteiger charge is -2.07. The summed E-state index contributed by atoms with van der Waals surface area (Å²) in [6, 6.07) is 13.8. The summed E-state index contributed by atoms with van der Waals surface area (Å²) in [5.74, 6) is 0.0270. The van der Waals surface area contributed by atoms with Crippen LogP contribution < -0.4 is 4.74 Å². The molecule has 0 aliphatic carbocycles. The highest BCUT2D eigenvalue weighted by atomic mass is 19.4. The van der Waals surface area contributed by atoms with Crippen molar-refractivity contribution in [1.82, 2.24) is 4.98 Å². The Morgan fingerprint density at radius 1 is 1.04 bits per heavy atom. The minimum Gasteiger partial charge on any atom is -0.424 e. The SMILES string of the molecule is CCC(=O)Oc1cccc2ccc(C=Cc3ccc(C(F)(F)F)cc3)nc12. The van der Waals surface area contributed by atoms with Crippen molar-refractivity contribution in [3.05, 3.63) is 71.4 Å². The zero-order chi connectivity index (χ0) is 19.4. The molecule has 2 aromatic carbocycles. The van der Waals surface area contributed by atoms with Gasteiger partial charge in [0.25, 0.3) is 0 Å². The van der Waals surface area contributed by atoms with Gasteiger partial charge in [-0.15, -0.1) is 0 Å². The Kier molecular flexibility index (Phi) is 5.26. The van der Waals surface area contributed by atoms with Crippen molar-refractivity contribution in [1.29, 1.82) is 0 Å². The van der Waals surface area contributed by atoms with E-state index in [9.17, 15) is 18.0 Å². The van der Waals surface area contributed by atoms with Gasteiger partial charge in [0.05, 0.1) is 11.3 Å². The van der Waals surface area contributed by atoms with Crippen LogP contribution in [0, 0.1) is 0 Å². The monoisotopic (exact) mass is 371 g/mol. The molecule has 3 rings (SSSR count). The third-order valence-electron chi connectivity index (χ3n) is 3.90. The van der Waals surface area contributed by atoms with Crippen molar-refractivity contribution in [3.8, 4) is 5.75 Å². The van der Waals surface area contributed by atoms with E-state index in [0.29, 0.717) is 22.5 Å². The molecular weight excluding hydrogens is 355 g/mol. The molecule has 0 amide bonds. The van der Waals surface area contributed by atoms with Gasteiger partial charge < -0.3 is 4.74 Å². The number of ether oxygens (including phenoxy) is 1. The van der Waals surface area contributed by atoms with Crippen molar-refractivity contribution in [3.63, 3.8) is 0 Å². The van der Waals surface area contributed by atoms with Crippen molar-refractivity contribution < 1.29 is 22.7 Å². The lowest BCUT2D eigenvalue weighted by Crippen LogP contribution is -2.06. The summed E-state index contributed by atoms with van der Waals surface area (Å²) in [7, 11) is 0. The summed E-state index contributed by atoms with van der Waals surface area (Å²) < 4.78 is 43.1. The standard InChI is InChI=1S/C21H16F3NO2/c1-2-19(26)27-18-5-3-4-15-9-13-17(25-20(15)18)12-8-14-6-10-16(11-7-14)21(22,23)24/h3-13H,2H2,1H3. The van der Waals surface area contributed by atoms with Gasteiger partial charge in [0, 0.05) is 11.8 Å². The smallest absolute Gasteiger partial charge is 0.416 e. The van der Waals surface area contributed by atoms with E-state index >= 15 is 0 Å². The number of alkyl halides is 3. The van der Waals surface area contributed by atoms with Gasteiger partial charge >= 0.3 is 12.1 Å². The Morgan fingerprint density at radius 3 is 2.44 bits per heavy atom. The number of pyridine rings is 1. The number of hydrogen-bond acceptors (Lipinski definition) is 3. The molecule has 6 heteroatoms. The van der Waals surface area contributed by atoms with E-state index in [4.69, 9.17) is 4.74 Å². The van der Waals surface area contributed by atoms with Crippen LogP contribution in [-0.2, 0) is 11.0 Å². The first-order chi connectivity index (χ1) is 12.9. The number of para-hydroxylation sites is 1. The summed E-state index contributed by atoms with van der Waals surface area (Å²) in [6.07, 6.45) is -0.728. The molecule has 0 saturated heterocycles. The maximum Gasteiger partial charge on any atom is 0.416 e. The number of halogens is 3. The number of carbonyl (C=O) groups is 1. The first-order valence-electron chi connectivity index (χ1n) is 8.32. The Bertz CT molecular complexity index is 992. The van der Waals surface area contributed by atoms with Crippen LogP contribution in [0.15, 0.2) is 54.6 Å². The van der Waals surface area contributed by atoms with Crippen LogP contribution in [0.1, 0.15) is 30.2 Å². The minimum atomic E-state index is -4.35. The van der Waals surface area contributed by atoms with Gasteiger partial charge in [-0.1, -0.05) is 43.3 Å². The topological polar surface area (TPSA) is 39.2 Å². The molecule has 0 spiro atoms. The van der Waals surface area contributed by atoms with Gasteiger partial charge in [0.2, 0.25) is 0 Å². The fourth-order valence-electron chi connectivity index (χ4n) is 2.47. The lowest BCUT2D eigenvalue weighted by molar-refractivity contribution is -0.137. The van der Waals surface area contributed by atoms with Gasteiger partial charge in [0.1, 0.15) is 5.52 Å². The van der Waals surface area contributed by atoms with Crippen LogP contribution >= 0.6 is 0 Å². The van der Waals surface area contributed by atoms with E-state index in [1.54, 1.807) is 37.3 Å². The Labute approximate surface area is 154 Å². The van der Waals surface area contributed by atoms with Crippen LogP contribution in [0.3, 0.4) is 0 Å². The van der Waals surface area contributed by atoms with Gasteiger partial charge in [-0.25, -0.2) is 4.98 Å². The Balaban J connectivity index is 1.87. The zero-order valence-corrected chi connectivity index (χ0v) is 14.5. The minimum absolute atomic E-state index is 0.254. The predicted molar refractivity (Wildman–Crippen MR) is 98.0 cm³/mol. The summed E-state index contributed by atoms with van der Waals surface area (Å²) in [5, 5.41) is 0.822. The van der Waals surface area contributed by atoms with Crippen LogP contribution in [0.2, 0.25) is 0 Å². The molecular formula is C21H16F3NO2. The third-order valence-corrected chi connectivity index (χ3v) is 3.90. The second kappa shape index (κ2) is 7.61. The number of fused-ring (bicyclic) bond motifs is 1. The van der Waals surface area contributed by atoms with E-state index in [1.807, 2.05) is 12.1 Å². The van der Waals surface area contributed by atoms with Crippen molar-refractivity contribution in [2.45, 2.75) is 19.5 Å². The summed E-state index contributed by atoms with van der Waals surface area (Å²) >= 11 is 0. The average molecular weight is 371 g/mol. The molecule has 0 radical (unpaired) electrons. The van der Waals surface area contributed by atoms with Crippen LogP contribution in [-0.4, -0.2) is 11.0 Å². The van der Waals surface area contributed by atoms with E-state index in [1.165, 1.54) is 12.1 Å². The normalized spacial score (nSPS) is 11.9. The van der Waals surface area contributed by atoms with Crippen molar-refractivity contribution in [2.24, 2.45) is 0 Å². The van der Waals surface area contributed by atoms with Crippen LogP contribution in [0.5, 0.6) is 5.75 Å². The molecule has 1 aromatic heterocycles. The molecule has 0 N–H and O–H groups in total. The molecule has 0 saturated carbocycles. The quantitative estimate of drug-likeness (QED) is 0.434. The van der Waals surface area contributed by atoms with Crippen molar-refractivity contribution in [2.75, 3.05) is 0 Å². The highest BCUT2D eigenvalue weighted by Crippen LogP contribution is 2.29. The largest absolute Gasteiger partial charge is 0.424 e. The van der Waals surface area contributed by atoms with Gasteiger partial charge in [-0.3, -0.25) is 4.79 Å². The highest BCUT2D eigenvalue weighted by Gasteiger charge is 2.29. The molecule has 0 bridgehead atoms. The lowest BCUT2D eigenvalue weighted by atomic mass is 10.1. The number of rotatable bonds is 4. The maximum atomic E-state index is 12.6. The molecule has 27 heavy (non-hydrogen) atoms. The Morgan fingerprint density at radius 2 is 1.78 bits per heavy atom. The van der Waals surface area contributed by atoms with Crippen molar-refractivity contribution >= 4 is 29.0 Å². The van der Waals surface area contributed by atoms with Gasteiger partial charge in [-0.05, 0) is 35.9 Å². The number of nitrogens with zero attached hydrogens (tertiary/aromatic N) is 1. The molecule has 0 aliphatic heterocycles. The molecule has 0 aliphatic rings. The predicted octanol–water partition coefficient (Wildman–Crippen LogP) is 5.74. The summed E-state index contributed by atoms with van der Waals surface area (Å²) in [5.41, 5.74) is 1.08. The maximum absolute atomic E-state index is 12.6. The summed E-state index contributed by atoms with van der Waals surface area (Å²) in [6.45, 7) is 1.71. The third kappa shape index (κ3) is 4.53. The first kappa shape index (κ1) is 18.6. The molecule has 3 aromatic rings. The zero-order valence-electron chi connectivity index (χ0n) is 14.5. The highest BCUT2D eigenvalue weighted by molar-refractivity contribution is 5.88. The molecule has 1 heterocycles. The van der Waals surface area contributed by atoms with Gasteiger partial charge in [-0.2, -0.15) is 13.2 Å². The number of esters is 1. The fraction of sp³-hybridized carbons (Fsp3) is 0.143. The van der Waals surface area contributed by atoms with E-state index < -0.39 is 11.7 Å². The van der Waals surface area contributed by atoms with E-state index in [2.05, 4.69) is 4.98 Å². The fourth-order valence-corrected chi connectivity index (χ4v) is 2.47. The van der Waals surface area contributed by atoms with Crippen LogP contribution in [0.4, 0.5) is 13.2 Å². The average Bonchev–Trinajstić information content (AvgIpc) is 2.66. The molecule has 0 fully saturated rings. The number of hydrogen-bond donors (Lipinski definition) is 0. The second-order valence-corrected chi connectivity index (χ2v) is 5.84. The van der Waals surface area contributed by atoms with E-state index in [-0.39, 0.29) is 12.4 Å². The number of aromatic nitrogens is 1. The Hall–Kier alpha value is -3.15. The second-order valence-electron chi connectivity index (χ2n) is 5.84. The number of benzene rings is 2. The molecule has 0 unspecified atom stereocenters. The van der Waals surface area contributed by atoms with Crippen LogP contribution in [0.25, 0.3) is 23.1 Å². The van der Waals surface area contributed by atoms with E-state index in [0.717, 1.165) is 17.5 Å². The molecule has 3 nitrogen and oxygen atoms in total. The summed E-state index contributed by atoms with van der Waals surface area (Å²) in [4.78, 5) is 16.1. The molecule has 138 valence electrons.